The fraction of sp³-hybridized carbons (Fsp3) is 0.100. The fourth-order valence-electron chi connectivity index (χ4n) is 2.33. The molecule has 3 rings (SSSR count). The van der Waals surface area contributed by atoms with E-state index in [0.29, 0.717) is 18.7 Å². The minimum absolute atomic E-state index is 0.164. The van der Waals surface area contributed by atoms with Crippen LogP contribution in [0.15, 0.2) is 73.1 Å². The second kappa shape index (κ2) is 8.06. The third-order valence-electron chi connectivity index (χ3n) is 3.73. The summed E-state index contributed by atoms with van der Waals surface area (Å²) < 4.78 is 12.9. The zero-order chi connectivity index (χ0) is 17.5. The lowest BCUT2D eigenvalue weighted by atomic mass is 10.1. The Morgan fingerprint density at radius 1 is 0.920 bits per heavy atom. The lowest BCUT2D eigenvalue weighted by molar-refractivity contribution is 0.0951. The fourth-order valence-corrected chi connectivity index (χ4v) is 2.33. The molecule has 2 aromatic carbocycles. The number of carbonyl (C=O) groups is 1. The summed E-state index contributed by atoms with van der Waals surface area (Å²) in [6.45, 7) is 1.03. The molecule has 0 atom stereocenters. The molecule has 0 saturated carbocycles. The van der Waals surface area contributed by atoms with Crippen LogP contribution in [0, 0.1) is 5.82 Å². The lowest BCUT2D eigenvalue weighted by Gasteiger charge is -2.08. The molecule has 0 fully saturated rings. The molecule has 0 saturated heterocycles. The number of hydrogen-bond donors (Lipinski definition) is 2. The minimum atomic E-state index is -0.288. The van der Waals surface area contributed by atoms with Crippen LogP contribution in [0.25, 0.3) is 0 Å². The van der Waals surface area contributed by atoms with E-state index < -0.39 is 0 Å². The van der Waals surface area contributed by atoms with Gasteiger partial charge in [0.25, 0.3) is 5.91 Å². The van der Waals surface area contributed by atoms with Crippen molar-refractivity contribution in [2.45, 2.75) is 13.1 Å². The molecule has 1 amide bonds. The van der Waals surface area contributed by atoms with Crippen LogP contribution in [0.5, 0.6) is 0 Å². The van der Waals surface area contributed by atoms with E-state index in [4.69, 9.17) is 0 Å². The van der Waals surface area contributed by atoms with Gasteiger partial charge in [-0.05, 0) is 53.6 Å². The van der Waals surface area contributed by atoms with Crippen molar-refractivity contribution in [3.63, 3.8) is 0 Å². The Bertz CT molecular complexity index is 818. The van der Waals surface area contributed by atoms with Crippen LogP contribution < -0.4 is 10.6 Å². The smallest absolute Gasteiger partial charge is 0.251 e. The van der Waals surface area contributed by atoms with E-state index >= 15 is 0 Å². The highest BCUT2D eigenvalue weighted by Crippen LogP contribution is 2.11. The van der Waals surface area contributed by atoms with Crippen LogP contribution in [0.2, 0.25) is 0 Å². The van der Waals surface area contributed by atoms with Gasteiger partial charge in [0.15, 0.2) is 0 Å². The minimum Gasteiger partial charge on any atom is -0.381 e. The number of halogens is 1. The highest BCUT2D eigenvalue weighted by Gasteiger charge is 2.05. The number of aromatic nitrogens is 1. The second-order valence-corrected chi connectivity index (χ2v) is 5.60. The van der Waals surface area contributed by atoms with E-state index in [1.807, 2.05) is 30.5 Å². The van der Waals surface area contributed by atoms with Gasteiger partial charge in [0, 0.05) is 36.7 Å². The van der Waals surface area contributed by atoms with Gasteiger partial charge < -0.3 is 10.6 Å². The first-order chi connectivity index (χ1) is 12.2. The van der Waals surface area contributed by atoms with Gasteiger partial charge in [-0.3, -0.25) is 9.78 Å². The molecule has 0 spiro atoms. The normalized spacial score (nSPS) is 10.3. The third kappa shape index (κ3) is 4.88. The first kappa shape index (κ1) is 16.6. The van der Waals surface area contributed by atoms with Crippen LogP contribution in [0.3, 0.4) is 0 Å². The Kier molecular flexibility index (Phi) is 5.36. The van der Waals surface area contributed by atoms with Crippen molar-refractivity contribution < 1.29 is 9.18 Å². The average molecular weight is 335 g/mol. The van der Waals surface area contributed by atoms with Gasteiger partial charge in [0.1, 0.15) is 5.82 Å². The summed E-state index contributed by atoms with van der Waals surface area (Å²) in [5, 5.41) is 6.10. The first-order valence-electron chi connectivity index (χ1n) is 7.96. The largest absolute Gasteiger partial charge is 0.381 e. The topological polar surface area (TPSA) is 54.0 Å². The van der Waals surface area contributed by atoms with E-state index in [-0.39, 0.29) is 11.7 Å². The summed E-state index contributed by atoms with van der Waals surface area (Å²) >= 11 is 0. The second-order valence-electron chi connectivity index (χ2n) is 5.60. The van der Waals surface area contributed by atoms with Gasteiger partial charge >= 0.3 is 0 Å². The number of rotatable bonds is 6. The SMILES string of the molecule is O=C(NCc1ccc(F)cc1)c1ccc(NCc2cccnc2)cc1. The lowest BCUT2D eigenvalue weighted by Crippen LogP contribution is -2.22. The van der Waals surface area contributed by atoms with Crippen LogP contribution in [-0.4, -0.2) is 10.9 Å². The number of nitrogens with one attached hydrogen (secondary N) is 2. The van der Waals surface area contributed by atoms with Crippen molar-refractivity contribution in [2.75, 3.05) is 5.32 Å². The summed E-state index contributed by atoms with van der Waals surface area (Å²) in [5.74, 6) is -0.451. The van der Waals surface area contributed by atoms with Crippen molar-refractivity contribution >= 4 is 11.6 Å². The van der Waals surface area contributed by atoms with Gasteiger partial charge in [-0.1, -0.05) is 18.2 Å². The molecule has 0 unspecified atom stereocenters. The Labute approximate surface area is 145 Å². The molecule has 5 heteroatoms. The summed E-state index contributed by atoms with van der Waals surface area (Å²) in [6.07, 6.45) is 3.55. The van der Waals surface area contributed by atoms with E-state index in [9.17, 15) is 9.18 Å². The third-order valence-corrected chi connectivity index (χ3v) is 3.73. The van der Waals surface area contributed by atoms with Crippen LogP contribution in [0.4, 0.5) is 10.1 Å². The quantitative estimate of drug-likeness (QED) is 0.721. The standard InChI is InChI=1S/C20H18FN3O/c21-18-7-3-15(4-8-18)13-24-20(25)17-5-9-19(10-6-17)23-14-16-2-1-11-22-12-16/h1-12,23H,13-14H2,(H,24,25). The summed E-state index contributed by atoms with van der Waals surface area (Å²) in [5.41, 5.74) is 3.45. The Hall–Kier alpha value is -3.21. The molecule has 0 bridgehead atoms. The van der Waals surface area contributed by atoms with Gasteiger partial charge in [-0.15, -0.1) is 0 Å². The maximum atomic E-state index is 12.9. The number of benzene rings is 2. The Morgan fingerprint density at radius 3 is 2.36 bits per heavy atom. The number of hydrogen-bond acceptors (Lipinski definition) is 3. The maximum absolute atomic E-state index is 12.9. The van der Waals surface area contributed by atoms with Gasteiger partial charge in [-0.2, -0.15) is 0 Å². The van der Waals surface area contributed by atoms with E-state index in [2.05, 4.69) is 15.6 Å². The number of pyridine rings is 1. The van der Waals surface area contributed by atoms with Gasteiger partial charge in [0.2, 0.25) is 0 Å². The zero-order valence-electron chi connectivity index (χ0n) is 13.6. The molecule has 0 radical (unpaired) electrons. The number of anilines is 1. The molecular weight excluding hydrogens is 317 g/mol. The predicted molar refractivity (Wildman–Crippen MR) is 95.6 cm³/mol. The molecule has 2 N–H and O–H groups in total. The first-order valence-corrected chi connectivity index (χ1v) is 7.96. The van der Waals surface area contributed by atoms with E-state index in [1.165, 1.54) is 12.1 Å². The molecule has 1 heterocycles. The van der Waals surface area contributed by atoms with Crippen LogP contribution in [-0.2, 0) is 13.1 Å². The van der Waals surface area contributed by atoms with Crippen LogP contribution in [0.1, 0.15) is 21.5 Å². The predicted octanol–water partition coefficient (Wildman–Crippen LogP) is 3.76. The van der Waals surface area contributed by atoms with E-state index in [0.717, 1.165) is 16.8 Å². The summed E-state index contributed by atoms with van der Waals surface area (Å²) in [7, 11) is 0. The zero-order valence-corrected chi connectivity index (χ0v) is 13.6. The summed E-state index contributed by atoms with van der Waals surface area (Å²) in [6, 6.07) is 17.2. The molecule has 3 aromatic rings. The Morgan fingerprint density at radius 2 is 1.68 bits per heavy atom. The molecule has 1 aromatic heterocycles. The van der Waals surface area contributed by atoms with Crippen molar-refractivity contribution in [2.24, 2.45) is 0 Å². The van der Waals surface area contributed by atoms with Crippen molar-refractivity contribution in [1.29, 1.82) is 0 Å². The molecule has 0 aliphatic heterocycles. The van der Waals surface area contributed by atoms with Crippen molar-refractivity contribution in [1.82, 2.24) is 10.3 Å². The molecule has 4 nitrogen and oxygen atoms in total. The highest BCUT2D eigenvalue weighted by molar-refractivity contribution is 5.94. The van der Waals surface area contributed by atoms with Crippen LogP contribution >= 0.6 is 0 Å². The molecule has 0 aliphatic carbocycles. The van der Waals surface area contributed by atoms with Crippen molar-refractivity contribution in [3.8, 4) is 0 Å². The van der Waals surface area contributed by atoms with Gasteiger partial charge in [0.05, 0.1) is 0 Å². The number of amides is 1. The summed E-state index contributed by atoms with van der Waals surface area (Å²) in [4.78, 5) is 16.2. The van der Waals surface area contributed by atoms with Gasteiger partial charge in [-0.25, -0.2) is 4.39 Å². The molecular formula is C20H18FN3O. The molecule has 126 valence electrons. The Balaban J connectivity index is 1.52. The number of nitrogens with zero attached hydrogens (tertiary/aromatic N) is 1. The number of carbonyl (C=O) groups excluding carboxylic acids is 1. The highest BCUT2D eigenvalue weighted by atomic mass is 19.1. The molecule has 25 heavy (non-hydrogen) atoms. The van der Waals surface area contributed by atoms with E-state index in [1.54, 1.807) is 30.5 Å². The maximum Gasteiger partial charge on any atom is 0.251 e. The average Bonchev–Trinajstić information content (AvgIpc) is 2.67. The monoisotopic (exact) mass is 335 g/mol. The van der Waals surface area contributed by atoms with Crippen molar-refractivity contribution in [3.05, 3.63) is 95.6 Å². The molecule has 0 aliphatic rings.